The summed E-state index contributed by atoms with van der Waals surface area (Å²) in [5.41, 5.74) is 7.28. The van der Waals surface area contributed by atoms with Crippen LogP contribution in [0.25, 0.3) is 0 Å². The summed E-state index contributed by atoms with van der Waals surface area (Å²) in [4.78, 5) is 3.91. The largest absolute Gasteiger partial charge is 0.384 e. The molecule has 17 heavy (non-hydrogen) atoms. The van der Waals surface area contributed by atoms with Crippen molar-refractivity contribution in [2.24, 2.45) is 0 Å². The molecule has 0 saturated carbocycles. The van der Waals surface area contributed by atoms with Crippen molar-refractivity contribution >= 4 is 17.4 Å². The average Bonchev–Trinajstić information content (AvgIpc) is 2.28. The zero-order valence-corrected chi connectivity index (χ0v) is 9.91. The van der Waals surface area contributed by atoms with Gasteiger partial charge in [0.2, 0.25) is 0 Å². The minimum Gasteiger partial charge on any atom is -0.384 e. The summed E-state index contributed by atoms with van der Waals surface area (Å²) < 4.78 is 13.5. The van der Waals surface area contributed by atoms with Crippen molar-refractivity contribution < 1.29 is 4.39 Å². The fraction of sp³-hybridized carbons (Fsp3) is 0.154. The van der Waals surface area contributed by atoms with Crippen molar-refractivity contribution in [3.8, 4) is 0 Å². The van der Waals surface area contributed by atoms with Gasteiger partial charge in [-0.3, -0.25) is 0 Å². The molecule has 0 atom stereocenters. The van der Waals surface area contributed by atoms with Crippen molar-refractivity contribution in [1.29, 1.82) is 0 Å². The number of pyridine rings is 1. The second-order valence-electron chi connectivity index (χ2n) is 3.82. The van der Waals surface area contributed by atoms with Gasteiger partial charge in [-0.05, 0) is 48.2 Å². The number of nitrogens with zero attached hydrogens (tertiary/aromatic N) is 1. The number of benzene rings is 1. The van der Waals surface area contributed by atoms with E-state index < -0.39 is 0 Å². The lowest BCUT2D eigenvalue weighted by atomic mass is 10.0. The third kappa shape index (κ3) is 3.17. The van der Waals surface area contributed by atoms with Crippen LogP contribution in [-0.2, 0) is 12.8 Å². The third-order valence-corrected chi connectivity index (χ3v) is 2.78. The molecule has 2 rings (SSSR count). The Hall–Kier alpha value is -1.61. The number of nitrogens with two attached hydrogens (primary N) is 1. The smallest absolute Gasteiger partial charge is 0.127 e. The molecule has 1 heterocycles. The molecule has 0 amide bonds. The molecule has 2 aromatic rings. The van der Waals surface area contributed by atoms with E-state index in [2.05, 4.69) is 4.98 Å². The van der Waals surface area contributed by atoms with Gasteiger partial charge in [-0.15, -0.1) is 0 Å². The molecule has 0 saturated heterocycles. The van der Waals surface area contributed by atoms with Gasteiger partial charge in [-0.2, -0.15) is 0 Å². The molecule has 0 aliphatic carbocycles. The van der Waals surface area contributed by atoms with E-state index in [4.69, 9.17) is 17.3 Å². The van der Waals surface area contributed by atoms with Crippen LogP contribution >= 0.6 is 11.6 Å². The zero-order valence-electron chi connectivity index (χ0n) is 9.16. The third-order valence-electron chi connectivity index (χ3n) is 2.54. The maximum Gasteiger partial charge on any atom is 0.127 e. The van der Waals surface area contributed by atoms with E-state index in [1.54, 1.807) is 24.4 Å². The van der Waals surface area contributed by atoms with Gasteiger partial charge in [0.05, 0.1) is 0 Å². The number of nitrogen functional groups attached to an aromatic ring is 1. The lowest BCUT2D eigenvalue weighted by Crippen LogP contribution is -1.97. The average molecular weight is 251 g/mol. The van der Waals surface area contributed by atoms with Gasteiger partial charge in [-0.25, -0.2) is 9.37 Å². The quantitative estimate of drug-likeness (QED) is 0.908. The van der Waals surface area contributed by atoms with E-state index in [1.165, 1.54) is 6.07 Å². The van der Waals surface area contributed by atoms with Crippen molar-refractivity contribution in [3.05, 3.63) is 58.5 Å². The predicted molar refractivity (Wildman–Crippen MR) is 67.5 cm³/mol. The number of aromatic nitrogens is 1. The highest BCUT2D eigenvalue weighted by Gasteiger charge is 2.03. The Labute approximate surface area is 104 Å². The summed E-state index contributed by atoms with van der Waals surface area (Å²) in [6.07, 6.45) is 3.00. The number of anilines is 1. The molecular weight excluding hydrogens is 239 g/mol. The first kappa shape index (κ1) is 11.9. The van der Waals surface area contributed by atoms with Crippen LogP contribution < -0.4 is 5.73 Å². The van der Waals surface area contributed by atoms with Crippen LogP contribution in [0.3, 0.4) is 0 Å². The van der Waals surface area contributed by atoms with Crippen LogP contribution in [0.2, 0.25) is 5.02 Å². The molecule has 0 spiro atoms. The van der Waals surface area contributed by atoms with E-state index in [9.17, 15) is 4.39 Å². The van der Waals surface area contributed by atoms with Crippen LogP contribution in [0.4, 0.5) is 10.2 Å². The fourth-order valence-corrected chi connectivity index (χ4v) is 1.81. The molecular formula is C13H12ClFN2. The normalized spacial score (nSPS) is 10.5. The molecule has 0 aliphatic heterocycles. The first-order valence-electron chi connectivity index (χ1n) is 5.29. The summed E-state index contributed by atoms with van der Waals surface area (Å²) in [5.74, 6) is 0.221. The van der Waals surface area contributed by atoms with Gasteiger partial charge in [-0.1, -0.05) is 17.7 Å². The Bertz CT molecular complexity index is 529. The molecule has 0 fully saturated rings. The molecule has 4 heteroatoms. The first-order valence-corrected chi connectivity index (χ1v) is 5.67. The summed E-state index contributed by atoms with van der Waals surface area (Å²) in [6, 6.07) is 8.42. The second kappa shape index (κ2) is 5.15. The van der Waals surface area contributed by atoms with Gasteiger partial charge in [0.1, 0.15) is 11.6 Å². The highest BCUT2D eigenvalue weighted by Crippen LogP contribution is 2.16. The van der Waals surface area contributed by atoms with E-state index in [1.807, 2.05) is 6.07 Å². The molecule has 0 radical (unpaired) electrons. The number of aryl methyl sites for hydroxylation is 2. The predicted octanol–water partition coefficient (Wildman–Crippen LogP) is 3.24. The van der Waals surface area contributed by atoms with Crippen LogP contribution in [0, 0.1) is 5.82 Å². The topological polar surface area (TPSA) is 38.9 Å². The first-order chi connectivity index (χ1) is 8.15. The summed E-state index contributed by atoms with van der Waals surface area (Å²) in [5, 5.41) is 0.416. The van der Waals surface area contributed by atoms with Crippen LogP contribution in [-0.4, -0.2) is 4.98 Å². The Kier molecular flexibility index (Phi) is 3.59. The molecule has 2 N–H and O–H groups in total. The molecule has 1 aromatic heterocycles. The SMILES string of the molecule is Nc1cc(CCc2ccc(Cl)cc2F)ccn1. The zero-order chi connectivity index (χ0) is 12.3. The maximum atomic E-state index is 13.5. The van der Waals surface area contributed by atoms with Crippen LogP contribution in [0.1, 0.15) is 11.1 Å². The van der Waals surface area contributed by atoms with E-state index in [-0.39, 0.29) is 5.82 Å². The summed E-state index contributed by atoms with van der Waals surface area (Å²) >= 11 is 5.69. The minimum atomic E-state index is -0.264. The van der Waals surface area contributed by atoms with Gasteiger partial charge in [0.15, 0.2) is 0 Å². The van der Waals surface area contributed by atoms with Crippen molar-refractivity contribution in [2.75, 3.05) is 5.73 Å². The summed E-state index contributed by atoms with van der Waals surface area (Å²) in [6.45, 7) is 0. The van der Waals surface area contributed by atoms with Crippen molar-refractivity contribution in [2.45, 2.75) is 12.8 Å². The fourth-order valence-electron chi connectivity index (χ4n) is 1.65. The second-order valence-corrected chi connectivity index (χ2v) is 4.26. The van der Waals surface area contributed by atoms with Crippen molar-refractivity contribution in [3.63, 3.8) is 0 Å². The van der Waals surface area contributed by atoms with E-state index >= 15 is 0 Å². The van der Waals surface area contributed by atoms with Crippen LogP contribution in [0.5, 0.6) is 0 Å². The molecule has 1 aromatic carbocycles. The van der Waals surface area contributed by atoms with Gasteiger partial charge < -0.3 is 5.73 Å². The highest BCUT2D eigenvalue weighted by atomic mass is 35.5. The maximum absolute atomic E-state index is 13.5. The number of hydrogen-bond acceptors (Lipinski definition) is 2. The highest BCUT2D eigenvalue weighted by molar-refractivity contribution is 6.30. The number of halogens is 2. The molecule has 0 bridgehead atoms. The van der Waals surface area contributed by atoms with Gasteiger partial charge in [0.25, 0.3) is 0 Å². The molecule has 2 nitrogen and oxygen atoms in total. The van der Waals surface area contributed by atoms with Gasteiger partial charge in [0, 0.05) is 11.2 Å². The van der Waals surface area contributed by atoms with E-state index in [0.717, 1.165) is 12.0 Å². The lowest BCUT2D eigenvalue weighted by Gasteiger charge is -2.04. The molecule has 0 aliphatic rings. The van der Waals surface area contributed by atoms with E-state index in [0.29, 0.717) is 22.8 Å². The minimum absolute atomic E-state index is 0.264. The van der Waals surface area contributed by atoms with Gasteiger partial charge >= 0.3 is 0 Å². The molecule has 0 unspecified atom stereocenters. The lowest BCUT2D eigenvalue weighted by molar-refractivity contribution is 0.609. The standard InChI is InChI=1S/C13H12ClFN2/c14-11-4-3-10(12(15)8-11)2-1-9-5-6-17-13(16)7-9/h3-8H,1-2H2,(H2,16,17). The molecule has 88 valence electrons. The summed E-state index contributed by atoms with van der Waals surface area (Å²) in [7, 11) is 0. The monoisotopic (exact) mass is 250 g/mol. The Morgan fingerprint density at radius 2 is 2.00 bits per heavy atom. The number of rotatable bonds is 3. The number of hydrogen-bond donors (Lipinski definition) is 1. The van der Waals surface area contributed by atoms with Crippen molar-refractivity contribution in [1.82, 2.24) is 4.98 Å². The Morgan fingerprint density at radius 3 is 2.71 bits per heavy atom. The Balaban J connectivity index is 2.07. The van der Waals surface area contributed by atoms with Crippen LogP contribution in [0.15, 0.2) is 36.5 Å². The Morgan fingerprint density at radius 1 is 1.18 bits per heavy atom.